The average molecular weight is 583 g/mol. The number of likely N-dealkylation sites (tertiary alicyclic amines) is 1. The van der Waals surface area contributed by atoms with Crippen molar-refractivity contribution in [3.63, 3.8) is 0 Å². The van der Waals surface area contributed by atoms with E-state index in [0.29, 0.717) is 32.5 Å². The predicted molar refractivity (Wildman–Crippen MR) is 154 cm³/mol. The third kappa shape index (κ3) is 6.12. The molecule has 1 aromatic rings. The lowest BCUT2D eigenvalue weighted by atomic mass is 9.79. The Labute approximate surface area is 239 Å². The first-order valence-corrected chi connectivity index (χ1v) is 16.8. The van der Waals surface area contributed by atoms with Crippen LogP contribution in [0.1, 0.15) is 82.3 Å². The number of carbonyl (C=O) groups is 1. The van der Waals surface area contributed by atoms with Crippen LogP contribution in [0.3, 0.4) is 0 Å². The van der Waals surface area contributed by atoms with Gasteiger partial charge in [-0.15, -0.1) is 0 Å². The lowest BCUT2D eigenvalue weighted by molar-refractivity contribution is -0.173. The molecule has 3 N–H and O–H groups in total. The molecule has 3 atom stereocenters. The summed E-state index contributed by atoms with van der Waals surface area (Å²) in [5.74, 6) is -0.208. The molecule has 0 aliphatic carbocycles. The van der Waals surface area contributed by atoms with Gasteiger partial charge < -0.3 is 15.1 Å². The van der Waals surface area contributed by atoms with E-state index in [2.05, 4.69) is 28.7 Å². The van der Waals surface area contributed by atoms with Gasteiger partial charge in [-0.2, -0.15) is 5.10 Å². The van der Waals surface area contributed by atoms with Gasteiger partial charge in [-0.25, -0.2) is 12.7 Å². The van der Waals surface area contributed by atoms with Crippen molar-refractivity contribution in [1.82, 2.24) is 29.2 Å². The Bertz CT molecular complexity index is 1140. The van der Waals surface area contributed by atoms with E-state index < -0.39 is 33.9 Å². The number of unbranched alkanes of at least 4 members (excludes halogenated alkanes) is 1. The van der Waals surface area contributed by atoms with Gasteiger partial charge in [0.1, 0.15) is 12.3 Å². The standard InChI is InChI=1S/C28H50N6O5S/c1-7-8-13-33-26(36)24(25(35)19(2)3)29-27(37)28(33)11-16-31(17-12-28)18-23-20(4)30-34(21(23)5)22-9-14-32(15-10-22)40(6,38)39/h19,22,24-25,27,29,35,37H,7-18H2,1-6H3/t24-,25-,27?/m1/s1. The number of carbonyl (C=O) groups excluding carboxylic acids is 1. The lowest BCUT2D eigenvalue weighted by Gasteiger charge is -2.56. The van der Waals surface area contributed by atoms with Crippen LogP contribution in [0, 0.1) is 19.8 Å². The van der Waals surface area contributed by atoms with E-state index in [4.69, 9.17) is 5.10 Å². The SMILES string of the molecule is CCCCN1C(=O)[C@@H]([C@H](O)C(C)C)NC(O)C12CCN(Cc1c(C)nn(C3CCN(S(C)(=O)=O)CC3)c1C)CC2. The van der Waals surface area contributed by atoms with Crippen LogP contribution in [0.25, 0.3) is 0 Å². The Morgan fingerprint density at radius 1 is 1.12 bits per heavy atom. The van der Waals surface area contributed by atoms with Crippen LogP contribution in [-0.4, -0.2) is 111 Å². The number of amides is 1. The van der Waals surface area contributed by atoms with E-state index in [1.807, 2.05) is 25.7 Å². The Morgan fingerprint density at radius 3 is 2.30 bits per heavy atom. The maximum absolute atomic E-state index is 13.6. The van der Waals surface area contributed by atoms with Crippen LogP contribution in [0.2, 0.25) is 0 Å². The Kier molecular flexibility index (Phi) is 9.68. The molecule has 4 heterocycles. The van der Waals surface area contributed by atoms with Crippen molar-refractivity contribution in [2.45, 2.75) is 110 Å². The zero-order valence-electron chi connectivity index (χ0n) is 25.1. The minimum Gasteiger partial charge on any atom is -0.391 e. The molecule has 3 aliphatic rings. The molecular formula is C28H50N6O5S. The van der Waals surface area contributed by atoms with Gasteiger partial charge in [0.25, 0.3) is 0 Å². The van der Waals surface area contributed by atoms with Crippen molar-refractivity contribution in [2.24, 2.45) is 5.92 Å². The molecule has 3 fully saturated rings. The second-order valence-electron chi connectivity index (χ2n) is 12.5. The summed E-state index contributed by atoms with van der Waals surface area (Å²) in [6.45, 7) is 13.8. The molecule has 1 aromatic heterocycles. The molecular weight excluding hydrogens is 532 g/mol. The molecule has 11 nitrogen and oxygen atoms in total. The van der Waals surface area contributed by atoms with Crippen molar-refractivity contribution >= 4 is 15.9 Å². The van der Waals surface area contributed by atoms with Crippen LogP contribution >= 0.6 is 0 Å². The van der Waals surface area contributed by atoms with Crippen LogP contribution in [-0.2, 0) is 21.4 Å². The third-order valence-electron chi connectivity index (χ3n) is 9.49. The minimum absolute atomic E-state index is 0.0998. The van der Waals surface area contributed by atoms with Crippen LogP contribution in [0.15, 0.2) is 0 Å². The zero-order valence-corrected chi connectivity index (χ0v) is 26.0. The van der Waals surface area contributed by atoms with Gasteiger partial charge in [-0.3, -0.25) is 19.7 Å². The highest BCUT2D eigenvalue weighted by Gasteiger charge is 2.54. The molecule has 0 bridgehead atoms. The maximum Gasteiger partial charge on any atom is 0.243 e. The summed E-state index contributed by atoms with van der Waals surface area (Å²) < 4.78 is 27.5. The molecule has 0 saturated carbocycles. The summed E-state index contributed by atoms with van der Waals surface area (Å²) in [6.07, 6.45) is 4.12. The fraction of sp³-hybridized carbons (Fsp3) is 0.857. The number of aliphatic hydroxyl groups excluding tert-OH is 2. The van der Waals surface area contributed by atoms with Crippen molar-refractivity contribution in [2.75, 3.05) is 39.0 Å². The zero-order chi connectivity index (χ0) is 29.4. The molecule has 1 spiro atoms. The molecule has 1 unspecified atom stereocenters. The molecule has 0 aromatic carbocycles. The highest BCUT2D eigenvalue weighted by molar-refractivity contribution is 7.88. The van der Waals surface area contributed by atoms with E-state index in [0.717, 1.165) is 56.7 Å². The van der Waals surface area contributed by atoms with E-state index in [-0.39, 0.29) is 17.9 Å². The van der Waals surface area contributed by atoms with Crippen molar-refractivity contribution < 1.29 is 23.4 Å². The number of piperidine rings is 2. The molecule has 3 saturated heterocycles. The quantitative estimate of drug-likeness (QED) is 0.398. The Morgan fingerprint density at radius 2 is 1.75 bits per heavy atom. The molecule has 0 radical (unpaired) electrons. The second kappa shape index (κ2) is 12.3. The molecule has 228 valence electrons. The van der Waals surface area contributed by atoms with Crippen LogP contribution in [0.4, 0.5) is 0 Å². The van der Waals surface area contributed by atoms with Gasteiger partial charge in [-0.05, 0) is 51.9 Å². The molecule has 3 aliphatic heterocycles. The summed E-state index contributed by atoms with van der Waals surface area (Å²) in [7, 11) is -3.17. The number of aromatic nitrogens is 2. The van der Waals surface area contributed by atoms with Crippen LogP contribution < -0.4 is 5.32 Å². The predicted octanol–water partition coefficient (Wildman–Crippen LogP) is 1.37. The van der Waals surface area contributed by atoms with Gasteiger partial charge in [0.15, 0.2) is 0 Å². The number of nitrogens with one attached hydrogen (secondary N) is 1. The van der Waals surface area contributed by atoms with Gasteiger partial charge in [0, 0.05) is 50.5 Å². The summed E-state index contributed by atoms with van der Waals surface area (Å²) in [5.41, 5.74) is 2.63. The van der Waals surface area contributed by atoms with Crippen molar-refractivity contribution in [1.29, 1.82) is 0 Å². The first-order chi connectivity index (χ1) is 18.8. The Hall–Kier alpha value is -1.57. The Balaban J connectivity index is 1.44. The van der Waals surface area contributed by atoms with Crippen molar-refractivity contribution in [3.8, 4) is 0 Å². The molecule has 12 heteroatoms. The number of piperazine rings is 1. The van der Waals surface area contributed by atoms with E-state index in [1.54, 1.807) is 4.31 Å². The van der Waals surface area contributed by atoms with Gasteiger partial charge in [0.05, 0.1) is 29.6 Å². The number of sulfonamides is 1. The minimum atomic E-state index is -3.17. The highest BCUT2D eigenvalue weighted by atomic mass is 32.2. The lowest BCUT2D eigenvalue weighted by Crippen LogP contribution is -2.76. The maximum atomic E-state index is 13.6. The number of nitrogens with zero attached hydrogens (tertiary/aromatic N) is 5. The number of hydrogen-bond acceptors (Lipinski definition) is 8. The van der Waals surface area contributed by atoms with E-state index in [1.165, 1.54) is 11.8 Å². The largest absolute Gasteiger partial charge is 0.391 e. The first-order valence-electron chi connectivity index (χ1n) is 15.0. The normalized spacial score (nSPS) is 26.2. The number of rotatable bonds is 9. The molecule has 4 rings (SSSR count). The summed E-state index contributed by atoms with van der Waals surface area (Å²) in [4.78, 5) is 17.9. The van der Waals surface area contributed by atoms with E-state index >= 15 is 0 Å². The average Bonchev–Trinajstić information content (AvgIpc) is 3.19. The first kappa shape index (κ1) is 31.4. The van der Waals surface area contributed by atoms with Gasteiger partial charge in [-0.1, -0.05) is 27.2 Å². The molecule has 1 amide bonds. The fourth-order valence-electron chi connectivity index (χ4n) is 6.78. The van der Waals surface area contributed by atoms with Gasteiger partial charge in [0.2, 0.25) is 15.9 Å². The topological polar surface area (TPSA) is 131 Å². The summed E-state index contributed by atoms with van der Waals surface area (Å²) in [5, 5.41) is 30.0. The monoisotopic (exact) mass is 582 g/mol. The number of aryl methyl sites for hydroxylation is 1. The fourth-order valence-corrected chi connectivity index (χ4v) is 7.65. The number of aliphatic hydroxyl groups is 2. The van der Waals surface area contributed by atoms with E-state index in [9.17, 15) is 23.4 Å². The van der Waals surface area contributed by atoms with Crippen LogP contribution in [0.5, 0.6) is 0 Å². The summed E-state index contributed by atoms with van der Waals surface area (Å²) in [6, 6.07) is -0.609. The summed E-state index contributed by atoms with van der Waals surface area (Å²) >= 11 is 0. The smallest absolute Gasteiger partial charge is 0.243 e. The number of hydrogen-bond donors (Lipinski definition) is 3. The molecule has 40 heavy (non-hydrogen) atoms. The highest BCUT2D eigenvalue weighted by Crippen LogP contribution is 2.37. The second-order valence-corrected chi connectivity index (χ2v) is 14.5. The van der Waals surface area contributed by atoms with Crippen molar-refractivity contribution in [3.05, 3.63) is 17.0 Å². The van der Waals surface area contributed by atoms with Gasteiger partial charge >= 0.3 is 0 Å². The third-order valence-corrected chi connectivity index (χ3v) is 10.8.